The molecule has 1 N–H and O–H groups in total. The van der Waals surface area contributed by atoms with Gasteiger partial charge in [-0.05, 0) is 38.8 Å². The van der Waals surface area contributed by atoms with E-state index in [0.29, 0.717) is 12.1 Å². The van der Waals surface area contributed by atoms with E-state index in [2.05, 4.69) is 10.3 Å². The number of carbonyl (C=O) groups excluding carboxylic acids is 2. The highest BCUT2D eigenvalue weighted by atomic mass is 19.2. The van der Waals surface area contributed by atoms with Gasteiger partial charge in [-0.25, -0.2) is 14.2 Å². The van der Waals surface area contributed by atoms with Crippen molar-refractivity contribution >= 4 is 11.9 Å². The Labute approximate surface area is 178 Å². The van der Waals surface area contributed by atoms with Crippen LogP contribution in [0.3, 0.4) is 0 Å². The zero-order valence-corrected chi connectivity index (χ0v) is 17.8. The zero-order valence-electron chi connectivity index (χ0n) is 17.8. The molecular weight excluding hydrogens is 411 g/mol. The molecule has 0 spiro atoms. The molecule has 1 aliphatic rings. The Morgan fingerprint density at radius 1 is 1.16 bits per heavy atom. The molecule has 0 bridgehead atoms. The van der Waals surface area contributed by atoms with Crippen LogP contribution in [0.15, 0.2) is 24.3 Å². The third kappa shape index (κ3) is 4.71. The topological polar surface area (TPSA) is 71.5 Å². The number of nitrogens with one attached hydrogen (secondary N) is 1. The van der Waals surface area contributed by atoms with Crippen molar-refractivity contribution in [3.8, 4) is 11.1 Å². The van der Waals surface area contributed by atoms with E-state index in [1.54, 1.807) is 45.9 Å². The minimum atomic E-state index is -1.76. The Kier molecular flexibility index (Phi) is 6.35. The summed E-state index contributed by atoms with van der Waals surface area (Å²) in [6.45, 7) is 7.31. The molecule has 2 aromatic rings. The molecular formula is C22H24F3N3O3. The minimum Gasteiger partial charge on any atom is -0.444 e. The first kappa shape index (κ1) is 22.7. The number of hydrogen-bond acceptors (Lipinski definition) is 5. The van der Waals surface area contributed by atoms with E-state index in [9.17, 15) is 22.8 Å². The fraction of sp³-hybridized carbons (Fsp3) is 0.409. The van der Waals surface area contributed by atoms with Gasteiger partial charge < -0.3 is 10.1 Å². The first-order valence-electron chi connectivity index (χ1n) is 9.86. The molecule has 1 atom stereocenters. The molecule has 31 heavy (non-hydrogen) atoms. The maximum atomic E-state index is 14.9. The van der Waals surface area contributed by atoms with Crippen LogP contribution in [0.1, 0.15) is 36.8 Å². The van der Waals surface area contributed by atoms with Crippen molar-refractivity contribution in [1.82, 2.24) is 15.2 Å². The van der Waals surface area contributed by atoms with Crippen molar-refractivity contribution in [3.05, 3.63) is 53.1 Å². The zero-order chi connectivity index (χ0) is 22.9. The summed E-state index contributed by atoms with van der Waals surface area (Å²) < 4.78 is 48.3. The van der Waals surface area contributed by atoms with Crippen LogP contribution in [0.5, 0.6) is 0 Å². The summed E-state index contributed by atoms with van der Waals surface area (Å²) in [4.78, 5) is 30.7. The van der Waals surface area contributed by atoms with E-state index in [-0.39, 0.29) is 18.7 Å². The third-order valence-electron chi connectivity index (χ3n) is 4.86. The highest BCUT2D eigenvalue weighted by molar-refractivity contribution is 6.05. The van der Waals surface area contributed by atoms with Crippen LogP contribution in [0, 0.1) is 24.5 Å². The van der Waals surface area contributed by atoms with Gasteiger partial charge in [-0.15, -0.1) is 0 Å². The van der Waals surface area contributed by atoms with Crippen molar-refractivity contribution in [1.29, 1.82) is 0 Å². The molecule has 9 heteroatoms. The Balaban J connectivity index is 2.10. The molecule has 0 aliphatic carbocycles. The fourth-order valence-corrected chi connectivity index (χ4v) is 3.42. The largest absolute Gasteiger partial charge is 0.444 e. The van der Waals surface area contributed by atoms with Crippen LogP contribution in [-0.4, -0.2) is 53.0 Å². The summed E-state index contributed by atoms with van der Waals surface area (Å²) in [6, 6.07) is 5.31. The van der Waals surface area contributed by atoms with Gasteiger partial charge in [0.05, 0.1) is 5.56 Å². The number of aromatic nitrogens is 1. The monoisotopic (exact) mass is 435 g/mol. The molecule has 0 radical (unpaired) electrons. The summed E-state index contributed by atoms with van der Waals surface area (Å²) in [5.74, 6) is -5.79. The summed E-state index contributed by atoms with van der Waals surface area (Å²) in [5.41, 5.74) is -1.05. The minimum absolute atomic E-state index is 0.0353. The first-order valence-corrected chi connectivity index (χ1v) is 9.86. The van der Waals surface area contributed by atoms with Gasteiger partial charge in [0.15, 0.2) is 5.82 Å². The summed E-state index contributed by atoms with van der Waals surface area (Å²) in [6.07, 6.45) is -0.729. The van der Waals surface area contributed by atoms with E-state index in [0.717, 1.165) is 0 Å². The van der Waals surface area contributed by atoms with Crippen molar-refractivity contribution in [2.75, 3.05) is 19.6 Å². The second-order valence-corrected chi connectivity index (χ2v) is 8.33. The third-order valence-corrected chi connectivity index (χ3v) is 4.86. The molecule has 1 saturated heterocycles. The SMILES string of the molecule is Cc1ccccc1-c1c(C(=O)[C@@H]2CNCCN2C(=O)OC(C)(C)C)nc(F)c(F)c1F. The Hall–Kier alpha value is -2.94. The number of hydrogen-bond donors (Lipinski definition) is 1. The molecule has 0 saturated carbocycles. The molecule has 1 aromatic carbocycles. The van der Waals surface area contributed by atoms with E-state index in [1.165, 1.54) is 11.0 Å². The highest BCUT2D eigenvalue weighted by Gasteiger charge is 2.38. The second-order valence-electron chi connectivity index (χ2n) is 8.33. The van der Waals surface area contributed by atoms with Gasteiger partial charge >= 0.3 is 6.09 Å². The van der Waals surface area contributed by atoms with Crippen LogP contribution in [0.4, 0.5) is 18.0 Å². The summed E-state index contributed by atoms with van der Waals surface area (Å²) in [7, 11) is 0. The van der Waals surface area contributed by atoms with Gasteiger partial charge in [0.1, 0.15) is 17.3 Å². The van der Waals surface area contributed by atoms with E-state index in [4.69, 9.17) is 4.74 Å². The van der Waals surface area contributed by atoms with Crippen LogP contribution in [-0.2, 0) is 4.74 Å². The molecule has 1 aromatic heterocycles. The van der Waals surface area contributed by atoms with E-state index < -0.39 is 52.4 Å². The molecule has 1 aliphatic heterocycles. The number of ether oxygens (including phenoxy) is 1. The quantitative estimate of drug-likeness (QED) is 0.586. The second kappa shape index (κ2) is 8.66. The van der Waals surface area contributed by atoms with Gasteiger partial charge in [0.25, 0.3) is 5.95 Å². The van der Waals surface area contributed by atoms with E-state index in [1.807, 2.05) is 0 Å². The molecule has 6 nitrogen and oxygen atoms in total. The van der Waals surface area contributed by atoms with Crippen molar-refractivity contribution in [2.24, 2.45) is 0 Å². The number of rotatable bonds is 3. The lowest BCUT2D eigenvalue weighted by Crippen LogP contribution is -2.58. The predicted octanol–water partition coefficient (Wildman–Crippen LogP) is 3.87. The van der Waals surface area contributed by atoms with Gasteiger partial charge in [0.2, 0.25) is 11.6 Å². The lowest BCUT2D eigenvalue weighted by Gasteiger charge is -2.36. The van der Waals surface area contributed by atoms with Crippen LogP contribution in [0.25, 0.3) is 11.1 Å². The van der Waals surface area contributed by atoms with Crippen molar-refractivity contribution in [3.63, 3.8) is 0 Å². The normalized spacial score (nSPS) is 16.9. The highest BCUT2D eigenvalue weighted by Crippen LogP contribution is 2.32. The average Bonchev–Trinajstić information content (AvgIpc) is 2.71. The number of benzene rings is 1. The number of piperazine rings is 1. The Morgan fingerprint density at radius 3 is 2.48 bits per heavy atom. The van der Waals surface area contributed by atoms with Crippen LogP contribution in [0.2, 0.25) is 0 Å². The average molecular weight is 435 g/mol. The Morgan fingerprint density at radius 2 is 1.84 bits per heavy atom. The van der Waals surface area contributed by atoms with Gasteiger partial charge in [0, 0.05) is 19.6 Å². The lowest BCUT2D eigenvalue weighted by molar-refractivity contribution is 0.0124. The number of pyridine rings is 1. The number of halogens is 3. The van der Waals surface area contributed by atoms with Gasteiger partial charge in [-0.2, -0.15) is 8.78 Å². The summed E-state index contributed by atoms with van der Waals surface area (Å²) in [5, 5.41) is 2.98. The van der Waals surface area contributed by atoms with Crippen LogP contribution >= 0.6 is 0 Å². The molecule has 1 fully saturated rings. The van der Waals surface area contributed by atoms with Crippen LogP contribution < -0.4 is 5.32 Å². The molecule has 3 rings (SSSR count). The summed E-state index contributed by atoms with van der Waals surface area (Å²) >= 11 is 0. The maximum absolute atomic E-state index is 14.9. The predicted molar refractivity (Wildman–Crippen MR) is 108 cm³/mol. The number of Topliss-reactive ketones (excluding diaryl/α,β-unsaturated/α-hetero) is 1. The molecule has 2 heterocycles. The number of ketones is 1. The number of carbonyl (C=O) groups is 2. The standard InChI is InChI=1S/C22H24F3N3O3/c1-12-7-5-6-8-13(12)15-16(23)17(24)20(25)27-18(15)19(29)14-11-26-9-10-28(14)21(30)31-22(2,3)4/h5-8,14,26H,9-11H2,1-4H3/t14-/m0/s1. The first-order chi connectivity index (χ1) is 14.5. The smallest absolute Gasteiger partial charge is 0.411 e. The number of amides is 1. The molecule has 0 unspecified atom stereocenters. The van der Waals surface area contributed by atoms with Crippen molar-refractivity contribution in [2.45, 2.75) is 39.3 Å². The van der Waals surface area contributed by atoms with Gasteiger partial charge in [-0.3, -0.25) is 9.69 Å². The Bertz CT molecular complexity index is 1020. The molecule has 1 amide bonds. The number of nitrogens with zero attached hydrogens (tertiary/aromatic N) is 2. The molecule has 166 valence electrons. The maximum Gasteiger partial charge on any atom is 0.411 e. The lowest BCUT2D eigenvalue weighted by atomic mass is 9.94. The van der Waals surface area contributed by atoms with Crippen molar-refractivity contribution < 1.29 is 27.5 Å². The number of aryl methyl sites for hydroxylation is 1. The van der Waals surface area contributed by atoms with Gasteiger partial charge in [-0.1, -0.05) is 24.3 Å². The van der Waals surface area contributed by atoms with E-state index >= 15 is 0 Å². The fourth-order valence-electron chi connectivity index (χ4n) is 3.42.